The molecular formula is C14H10BrFN2. The second kappa shape index (κ2) is 5.65. The van der Waals surface area contributed by atoms with Gasteiger partial charge < -0.3 is 5.32 Å². The molecule has 18 heavy (non-hydrogen) atoms. The van der Waals surface area contributed by atoms with Crippen LogP contribution in [0.4, 0.5) is 10.1 Å². The minimum atomic E-state index is -0.236. The first-order chi connectivity index (χ1) is 8.69. The van der Waals surface area contributed by atoms with Gasteiger partial charge in [0.25, 0.3) is 0 Å². The van der Waals surface area contributed by atoms with Crippen LogP contribution in [-0.4, -0.2) is 0 Å². The van der Waals surface area contributed by atoms with E-state index in [4.69, 9.17) is 5.26 Å². The molecule has 0 unspecified atom stereocenters. The number of halogens is 2. The fourth-order valence-electron chi connectivity index (χ4n) is 1.60. The van der Waals surface area contributed by atoms with Crippen LogP contribution in [0.1, 0.15) is 11.1 Å². The Bertz CT molecular complexity index is 605. The lowest BCUT2D eigenvalue weighted by atomic mass is 10.2. The maximum Gasteiger partial charge on any atom is 0.128 e. The van der Waals surface area contributed by atoms with Crippen molar-refractivity contribution in [2.75, 3.05) is 5.32 Å². The van der Waals surface area contributed by atoms with E-state index in [1.54, 1.807) is 30.3 Å². The van der Waals surface area contributed by atoms with Crippen molar-refractivity contribution in [2.45, 2.75) is 6.54 Å². The van der Waals surface area contributed by atoms with E-state index < -0.39 is 0 Å². The topological polar surface area (TPSA) is 35.8 Å². The summed E-state index contributed by atoms with van der Waals surface area (Å²) in [5.74, 6) is -0.236. The van der Waals surface area contributed by atoms with Crippen molar-refractivity contribution in [1.82, 2.24) is 0 Å². The standard InChI is InChI=1S/C14H10BrFN2/c15-12-5-10(8-17)6-13(7-12)18-9-11-3-1-2-4-14(11)16/h1-7,18H,9H2. The van der Waals surface area contributed by atoms with Crippen molar-refractivity contribution in [2.24, 2.45) is 0 Å². The van der Waals surface area contributed by atoms with E-state index in [-0.39, 0.29) is 5.82 Å². The molecule has 0 aliphatic carbocycles. The Morgan fingerprint density at radius 3 is 2.72 bits per heavy atom. The first-order valence-electron chi connectivity index (χ1n) is 5.37. The molecular weight excluding hydrogens is 295 g/mol. The maximum atomic E-state index is 13.4. The van der Waals surface area contributed by atoms with Gasteiger partial charge in [-0.15, -0.1) is 0 Å². The van der Waals surface area contributed by atoms with Crippen molar-refractivity contribution in [3.8, 4) is 6.07 Å². The third kappa shape index (κ3) is 3.08. The molecule has 2 aromatic carbocycles. The van der Waals surface area contributed by atoms with E-state index in [0.717, 1.165) is 10.2 Å². The predicted octanol–water partition coefficient (Wildman–Crippen LogP) is 4.07. The molecule has 0 fully saturated rings. The van der Waals surface area contributed by atoms with Crippen LogP contribution in [0.2, 0.25) is 0 Å². The van der Waals surface area contributed by atoms with Gasteiger partial charge in [0.2, 0.25) is 0 Å². The average molecular weight is 305 g/mol. The third-order valence-corrected chi connectivity index (χ3v) is 2.93. The second-order valence-corrected chi connectivity index (χ2v) is 4.70. The van der Waals surface area contributed by atoms with Gasteiger partial charge >= 0.3 is 0 Å². The second-order valence-electron chi connectivity index (χ2n) is 3.79. The van der Waals surface area contributed by atoms with E-state index in [1.807, 2.05) is 6.07 Å². The van der Waals surface area contributed by atoms with E-state index >= 15 is 0 Å². The Kier molecular flexibility index (Phi) is 3.96. The summed E-state index contributed by atoms with van der Waals surface area (Å²) in [6, 6.07) is 14.0. The van der Waals surface area contributed by atoms with Gasteiger partial charge in [-0.2, -0.15) is 5.26 Å². The van der Waals surface area contributed by atoms with Crippen LogP contribution in [0.15, 0.2) is 46.9 Å². The summed E-state index contributed by atoms with van der Waals surface area (Å²) in [5, 5.41) is 12.0. The van der Waals surface area contributed by atoms with Crippen molar-refractivity contribution in [3.05, 3.63) is 63.9 Å². The van der Waals surface area contributed by atoms with Gasteiger partial charge in [0.05, 0.1) is 11.6 Å². The van der Waals surface area contributed by atoms with Crippen LogP contribution in [0.25, 0.3) is 0 Å². The van der Waals surface area contributed by atoms with Crippen molar-refractivity contribution in [1.29, 1.82) is 5.26 Å². The van der Waals surface area contributed by atoms with Crippen LogP contribution < -0.4 is 5.32 Å². The van der Waals surface area contributed by atoms with Crippen LogP contribution in [-0.2, 0) is 6.54 Å². The Balaban J connectivity index is 2.14. The van der Waals surface area contributed by atoms with Crippen molar-refractivity contribution < 1.29 is 4.39 Å². The Morgan fingerprint density at radius 1 is 1.22 bits per heavy atom. The summed E-state index contributed by atoms with van der Waals surface area (Å²) < 4.78 is 14.2. The number of benzene rings is 2. The maximum absolute atomic E-state index is 13.4. The van der Waals surface area contributed by atoms with Gasteiger partial charge in [0.1, 0.15) is 5.82 Å². The molecule has 0 atom stereocenters. The molecule has 0 aromatic heterocycles. The molecule has 0 saturated heterocycles. The van der Waals surface area contributed by atoms with Gasteiger partial charge in [0.15, 0.2) is 0 Å². The quantitative estimate of drug-likeness (QED) is 0.927. The fraction of sp³-hybridized carbons (Fsp3) is 0.0714. The van der Waals surface area contributed by atoms with Crippen LogP contribution in [0.3, 0.4) is 0 Å². The lowest BCUT2D eigenvalue weighted by Gasteiger charge is -2.08. The Labute approximate surface area is 113 Å². The van der Waals surface area contributed by atoms with Crippen molar-refractivity contribution >= 4 is 21.6 Å². The molecule has 4 heteroatoms. The number of nitrogens with one attached hydrogen (secondary N) is 1. The zero-order chi connectivity index (χ0) is 13.0. The highest BCUT2D eigenvalue weighted by Gasteiger charge is 2.02. The predicted molar refractivity (Wildman–Crippen MR) is 72.6 cm³/mol. The summed E-state index contributed by atoms with van der Waals surface area (Å²) >= 11 is 3.33. The summed E-state index contributed by atoms with van der Waals surface area (Å²) in [5.41, 5.74) is 1.93. The monoisotopic (exact) mass is 304 g/mol. The summed E-state index contributed by atoms with van der Waals surface area (Å²) in [6.07, 6.45) is 0. The van der Waals surface area contributed by atoms with Gasteiger partial charge in [-0.1, -0.05) is 34.1 Å². The Morgan fingerprint density at radius 2 is 2.00 bits per heavy atom. The van der Waals surface area contributed by atoms with Gasteiger partial charge in [0, 0.05) is 22.3 Å². The lowest BCUT2D eigenvalue weighted by molar-refractivity contribution is 0.613. The molecule has 0 spiro atoms. The SMILES string of the molecule is N#Cc1cc(Br)cc(NCc2ccccc2F)c1. The minimum Gasteiger partial charge on any atom is -0.381 e. The molecule has 0 bridgehead atoms. The largest absolute Gasteiger partial charge is 0.381 e. The summed E-state index contributed by atoms with van der Waals surface area (Å²) in [7, 11) is 0. The van der Waals surface area contributed by atoms with Gasteiger partial charge in [-0.3, -0.25) is 0 Å². The lowest BCUT2D eigenvalue weighted by Crippen LogP contribution is -2.01. The van der Waals surface area contributed by atoms with E-state index in [2.05, 4.69) is 27.3 Å². The van der Waals surface area contributed by atoms with E-state index in [0.29, 0.717) is 17.7 Å². The first kappa shape index (κ1) is 12.6. The van der Waals surface area contributed by atoms with Crippen LogP contribution in [0, 0.1) is 17.1 Å². The van der Waals surface area contributed by atoms with Crippen molar-refractivity contribution in [3.63, 3.8) is 0 Å². The molecule has 0 heterocycles. The molecule has 0 radical (unpaired) electrons. The number of hydrogen-bond acceptors (Lipinski definition) is 2. The molecule has 0 amide bonds. The zero-order valence-electron chi connectivity index (χ0n) is 9.45. The van der Waals surface area contributed by atoms with Gasteiger partial charge in [-0.05, 0) is 24.3 Å². The molecule has 90 valence electrons. The average Bonchev–Trinajstić information content (AvgIpc) is 2.37. The third-order valence-electron chi connectivity index (χ3n) is 2.47. The molecule has 0 aliphatic heterocycles. The molecule has 2 nitrogen and oxygen atoms in total. The number of rotatable bonds is 3. The highest BCUT2D eigenvalue weighted by molar-refractivity contribution is 9.10. The number of nitriles is 1. The normalized spacial score (nSPS) is 9.83. The Hall–Kier alpha value is -1.86. The smallest absolute Gasteiger partial charge is 0.128 e. The molecule has 2 rings (SSSR count). The van der Waals surface area contributed by atoms with Gasteiger partial charge in [-0.25, -0.2) is 4.39 Å². The fourth-order valence-corrected chi connectivity index (χ4v) is 2.09. The molecule has 0 saturated carbocycles. The van der Waals surface area contributed by atoms with E-state index in [1.165, 1.54) is 6.07 Å². The van der Waals surface area contributed by atoms with Crippen LogP contribution in [0.5, 0.6) is 0 Å². The molecule has 2 aromatic rings. The minimum absolute atomic E-state index is 0.236. The number of nitrogens with zero attached hydrogens (tertiary/aromatic N) is 1. The highest BCUT2D eigenvalue weighted by atomic mass is 79.9. The zero-order valence-corrected chi connectivity index (χ0v) is 11.0. The number of anilines is 1. The van der Waals surface area contributed by atoms with Crippen LogP contribution >= 0.6 is 15.9 Å². The molecule has 0 aliphatic rings. The molecule has 1 N–H and O–H groups in total. The summed E-state index contributed by atoms with van der Waals surface area (Å²) in [4.78, 5) is 0. The number of hydrogen-bond donors (Lipinski definition) is 1. The summed E-state index contributed by atoms with van der Waals surface area (Å²) in [6.45, 7) is 0.383. The first-order valence-corrected chi connectivity index (χ1v) is 6.16. The van der Waals surface area contributed by atoms with E-state index in [9.17, 15) is 4.39 Å². The highest BCUT2D eigenvalue weighted by Crippen LogP contribution is 2.20.